The monoisotopic (exact) mass is 415 g/mol. The molecule has 0 radical (unpaired) electrons. The Morgan fingerprint density at radius 3 is 2.54 bits per heavy atom. The molecular formula is C12H14BCl4N3O4. The average Bonchev–Trinajstić information content (AvgIpc) is 3.00. The van der Waals surface area contributed by atoms with Crippen molar-refractivity contribution < 1.29 is 20.1 Å². The van der Waals surface area contributed by atoms with E-state index in [9.17, 15) is 15.3 Å². The van der Waals surface area contributed by atoms with Crippen LogP contribution < -0.4 is 0 Å². The van der Waals surface area contributed by atoms with E-state index in [1.54, 1.807) is 16.8 Å². The summed E-state index contributed by atoms with van der Waals surface area (Å²) in [6.45, 7) is 1.06. The summed E-state index contributed by atoms with van der Waals surface area (Å²) >= 11 is 20.4. The topological polar surface area (TPSA) is 101 Å². The first-order valence-corrected chi connectivity index (χ1v) is 8.44. The highest BCUT2D eigenvalue weighted by molar-refractivity contribution is 7.54. The van der Waals surface area contributed by atoms with Gasteiger partial charge in [-0.05, 0) is 13.0 Å². The highest BCUT2D eigenvalue weighted by Crippen LogP contribution is 2.39. The second kappa shape index (κ2) is 7.93. The van der Waals surface area contributed by atoms with E-state index < -0.39 is 29.0 Å². The molecule has 0 bridgehead atoms. The van der Waals surface area contributed by atoms with E-state index in [0.29, 0.717) is 16.2 Å². The van der Waals surface area contributed by atoms with Gasteiger partial charge in [0.15, 0.2) is 6.23 Å². The first-order chi connectivity index (χ1) is 11.2. The van der Waals surface area contributed by atoms with Gasteiger partial charge in [0.05, 0.1) is 12.0 Å². The van der Waals surface area contributed by atoms with Crippen LogP contribution in [0.1, 0.15) is 13.2 Å². The number of nitrogens with zero attached hydrogens (tertiary/aromatic N) is 3. The summed E-state index contributed by atoms with van der Waals surface area (Å²) in [7, 11) is 0. The van der Waals surface area contributed by atoms with Crippen LogP contribution in [0, 0.1) is 0 Å². The van der Waals surface area contributed by atoms with Crippen LogP contribution in [0.25, 0.3) is 11.0 Å². The molecule has 3 N–H and O–H groups in total. The normalized spacial score (nSPS) is 29.4. The molecular weight excluding hydrogens is 403 g/mol. The molecule has 1 aliphatic rings. The smallest absolute Gasteiger partial charge is 0.394 e. The number of aliphatic hydroxyl groups is 3. The third-order valence-corrected chi connectivity index (χ3v) is 3.95. The second-order valence-electron chi connectivity index (χ2n) is 5.25. The predicted octanol–water partition coefficient (Wildman–Crippen LogP) is 1.77. The quantitative estimate of drug-likeness (QED) is 0.509. The Labute approximate surface area is 157 Å². The number of rotatable bonds is 2. The number of hydrogen-bond acceptors (Lipinski definition) is 6. The van der Waals surface area contributed by atoms with E-state index in [-0.39, 0.29) is 6.61 Å². The average molecular weight is 417 g/mol. The molecule has 3 heterocycles. The van der Waals surface area contributed by atoms with Crippen LogP contribution in [0.3, 0.4) is 0 Å². The largest absolute Gasteiger partial charge is 0.450 e. The van der Waals surface area contributed by atoms with Gasteiger partial charge in [0.25, 0.3) is 0 Å². The Morgan fingerprint density at radius 2 is 2.00 bits per heavy atom. The van der Waals surface area contributed by atoms with Crippen LogP contribution >= 0.6 is 46.0 Å². The van der Waals surface area contributed by atoms with Gasteiger partial charge >= 0.3 is 4.96 Å². The third-order valence-electron chi connectivity index (χ3n) is 3.65. The van der Waals surface area contributed by atoms with E-state index in [4.69, 9.17) is 50.7 Å². The first-order valence-electron chi connectivity index (χ1n) is 6.76. The van der Waals surface area contributed by atoms with Gasteiger partial charge in [-0.3, -0.25) is 0 Å². The number of hydrogen-bond donors (Lipinski definition) is 3. The minimum absolute atomic E-state index is 0.297. The molecule has 1 fully saturated rings. The summed E-state index contributed by atoms with van der Waals surface area (Å²) in [6.07, 6.45) is 0.0249. The fourth-order valence-electron chi connectivity index (χ4n) is 2.52. The predicted molar refractivity (Wildman–Crippen MR) is 93.5 cm³/mol. The van der Waals surface area contributed by atoms with Crippen LogP contribution in [-0.4, -0.2) is 59.2 Å². The van der Waals surface area contributed by atoms with Crippen molar-refractivity contribution in [1.82, 2.24) is 14.5 Å². The molecule has 3 rings (SSSR count). The van der Waals surface area contributed by atoms with Crippen molar-refractivity contribution in [1.29, 1.82) is 0 Å². The summed E-state index contributed by atoms with van der Waals surface area (Å²) in [5.74, 6) is 0. The Bertz CT molecular complexity index is 699. The van der Waals surface area contributed by atoms with Crippen LogP contribution in [0.15, 0.2) is 18.6 Å². The van der Waals surface area contributed by atoms with Crippen molar-refractivity contribution in [3.63, 3.8) is 0 Å². The Balaban J connectivity index is 0.000000471. The van der Waals surface area contributed by atoms with Gasteiger partial charge in [-0.25, -0.2) is 9.97 Å². The third kappa shape index (κ3) is 3.91. The van der Waals surface area contributed by atoms with E-state index in [1.807, 2.05) is 0 Å². The summed E-state index contributed by atoms with van der Waals surface area (Å²) < 4.78 is 7.11. The molecule has 1 aliphatic heterocycles. The number of aliphatic hydroxyl groups excluding tert-OH is 2. The van der Waals surface area contributed by atoms with Crippen LogP contribution in [0.5, 0.6) is 0 Å². The Kier molecular flexibility index (Phi) is 6.61. The highest BCUT2D eigenvalue weighted by atomic mass is 35.6. The van der Waals surface area contributed by atoms with Crippen molar-refractivity contribution in [3.8, 4) is 0 Å². The molecule has 2 aromatic heterocycles. The molecule has 1 saturated heterocycles. The zero-order valence-corrected chi connectivity index (χ0v) is 15.4. The van der Waals surface area contributed by atoms with Crippen molar-refractivity contribution in [3.05, 3.63) is 23.7 Å². The van der Waals surface area contributed by atoms with Crippen molar-refractivity contribution >= 4 is 62.0 Å². The Morgan fingerprint density at radius 1 is 1.38 bits per heavy atom. The van der Waals surface area contributed by atoms with Gasteiger partial charge in [-0.2, -0.15) is 34.4 Å². The lowest BCUT2D eigenvalue weighted by molar-refractivity contribution is -0.0948. The molecule has 7 nitrogen and oxygen atoms in total. The van der Waals surface area contributed by atoms with Gasteiger partial charge in [-0.15, -0.1) is 0 Å². The highest BCUT2D eigenvalue weighted by Gasteiger charge is 2.53. The molecule has 0 saturated carbocycles. The maximum atomic E-state index is 10.4. The fraction of sp³-hybridized carbons (Fsp3) is 0.500. The summed E-state index contributed by atoms with van der Waals surface area (Å²) in [5, 5.41) is 30.6. The Hall–Kier alpha value is -0.315. The molecule has 0 aliphatic carbocycles. The van der Waals surface area contributed by atoms with E-state index >= 15 is 0 Å². The van der Waals surface area contributed by atoms with Crippen molar-refractivity contribution in [2.45, 2.75) is 31.0 Å². The maximum Gasteiger partial charge on any atom is 0.450 e. The van der Waals surface area contributed by atoms with Crippen LogP contribution in [-0.2, 0) is 4.74 Å². The van der Waals surface area contributed by atoms with E-state index in [0.717, 1.165) is 0 Å². The summed E-state index contributed by atoms with van der Waals surface area (Å²) in [4.78, 5) is 7.25. The molecule has 0 aromatic carbocycles. The van der Waals surface area contributed by atoms with Gasteiger partial charge in [-0.1, -0.05) is 11.6 Å². The number of halogens is 4. The van der Waals surface area contributed by atoms with E-state index in [2.05, 4.69) is 9.97 Å². The molecule has 0 spiro atoms. The number of fused-ring (bicyclic) bond motifs is 1. The molecule has 2 aromatic rings. The van der Waals surface area contributed by atoms with E-state index in [1.165, 1.54) is 13.3 Å². The zero-order chi connectivity index (χ0) is 18.1. The van der Waals surface area contributed by atoms with Crippen molar-refractivity contribution in [2.24, 2.45) is 0 Å². The lowest BCUT2D eigenvalue weighted by Gasteiger charge is -2.27. The minimum atomic E-state index is -1.56. The fourth-order valence-corrected chi connectivity index (χ4v) is 2.71. The number of ether oxygens (including phenoxy) is 1. The molecule has 132 valence electrons. The summed E-state index contributed by atoms with van der Waals surface area (Å²) in [6, 6.07) is 1.70. The summed E-state index contributed by atoms with van der Waals surface area (Å²) in [5.41, 5.74) is -1.07. The molecule has 0 amide bonds. The van der Waals surface area contributed by atoms with Gasteiger partial charge in [0, 0.05) is 6.20 Å². The number of aromatic nitrogens is 3. The molecule has 24 heavy (non-hydrogen) atoms. The second-order valence-corrected chi connectivity index (χ2v) is 7.59. The van der Waals surface area contributed by atoms with Crippen molar-refractivity contribution in [2.75, 3.05) is 6.61 Å². The first kappa shape index (κ1) is 20.0. The lowest BCUT2D eigenvalue weighted by Crippen LogP contribution is -2.44. The standard InChI is InChI=1S/C12H14ClN3O4.BCl3/c1-12(19)8(18)7(4-17)20-11(12)16-3-2-6-9(13)14-5-15-10(6)16;2-1(3)4/h2-3,5,7-8,11,17-19H,4H2,1H3;/t7-,8-,11-,12-;/m1./s1. The molecule has 4 atom stereocenters. The minimum Gasteiger partial charge on any atom is -0.394 e. The molecule has 12 heteroatoms. The van der Waals surface area contributed by atoms with Gasteiger partial charge < -0.3 is 24.6 Å². The van der Waals surface area contributed by atoms with Crippen LogP contribution in [0.4, 0.5) is 0 Å². The van der Waals surface area contributed by atoms with Crippen LogP contribution in [0.2, 0.25) is 5.15 Å². The van der Waals surface area contributed by atoms with Gasteiger partial charge in [0.2, 0.25) is 0 Å². The maximum absolute atomic E-state index is 10.4. The lowest BCUT2D eigenvalue weighted by atomic mass is 9.96. The molecule has 0 unspecified atom stereocenters. The van der Waals surface area contributed by atoms with Gasteiger partial charge in [0.1, 0.15) is 34.9 Å². The zero-order valence-electron chi connectivity index (χ0n) is 12.4. The SMILES string of the molecule is C[C@@]1(O)[C@H](O)[C@@H](CO)O[C@H]1n1ccc2c(Cl)ncnc21.ClB(Cl)Cl.